The molecule has 0 radical (unpaired) electrons. The minimum atomic E-state index is 0.468. The molecule has 2 N–H and O–H groups in total. The Labute approximate surface area is 102 Å². The van der Waals surface area contributed by atoms with E-state index >= 15 is 0 Å². The molecule has 1 fully saturated rings. The Morgan fingerprint density at radius 2 is 2.00 bits per heavy atom. The molecule has 1 aromatic rings. The Morgan fingerprint density at radius 3 is 2.65 bits per heavy atom. The van der Waals surface area contributed by atoms with E-state index in [0.717, 1.165) is 18.5 Å². The van der Waals surface area contributed by atoms with Gasteiger partial charge in [-0.25, -0.2) is 4.98 Å². The number of anilines is 1. The van der Waals surface area contributed by atoms with Gasteiger partial charge in [-0.1, -0.05) is 0 Å². The van der Waals surface area contributed by atoms with Crippen LogP contribution in [0.4, 0.5) is 5.69 Å². The molecule has 1 aliphatic rings. The van der Waals surface area contributed by atoms with E-state index in [1.807, 2.05) is 19.2 Å². The van der Waals surface area contributed by atoms with Gasteiger partial charge in [0.05, 0.1) is 5.69 Å². The number of aromatic nitrogens is 1. The predicted molar refractivity (Wildman–Crippen MR) is 67.7 cm³/mol. The van der Waals surface area contributed by atoms with E-state index in [-0.39, 0.29) is 0 Å². The fourth-order valence-electron chi connectivity index (χ4n) is 2.36. The monoisotopic (exact) mass is 230 g/mol. The number of pyridine rings is 1. The third-order valence-electron chi connectivity index (χ3n) is 3.41. The fraction of sp³-hybridized carbons (Fsp3) is 0.538. The van der Waals surface area contributed by atoms with Gasteiger partial charge in [0.1, 0.15) is 6.07 Å². The van der Waals surface area contributed by atoms with Crippen molar-refractivity contribution in [3.8, 4) is 6.07 Å². The highest BCUT2D eigenvalue weighted by molar-refractivity contribution is 5.53. The highest BCUT2D eigenvalue weighted by Crippen LogP contribution is 2.23. The topological polar surface area (TPSA) is 60.7 Å². The summed E-state index contributed by atoms with van der Waals surface area (Å²) in [6.45, 7) is 0. The maximum Gasteiger partial charge on any atom is 0.163 e. The fourth-order valence-corrected chi connectivity index (χ4v) is 2.36. The van der Waals surface area contributed by atoms with Crippen LogP contribution in [0.3, 0.4) is 0 Å². The molecule has 0 unspecified atom stereocenters. The number of nitrogens with one attached hydrogen (secondary N) is 2. The zero-order chi connectivity index (χ0) is 12.1. The summed E-state index contributed by atoms with van der Waals surface area (Å²) >= 11 is 0. The van der Waals surface area contributed by atoms with Gasteiger partial charge in [0, 0.05) is 18.3 Å². The van der Waals surface area contributed by atoms with Crippen molar-refractivity contribution in [2.45, 2.75) is 37.8 Å². The third kappa shape index (κ3) is 2.95. The van der Waals surface area contributed by atoms with Gasteiger partial charge in [-0.2, -0.15) is 5.26 Å². The van der Waals surface area contributed by atoms with Crippen molar-refractivity contribution in [3.63, 3.8) is 0 Å². The molecule has 0 aromatic carbocycles. The first kappa shape index (κ1) is 11.9. The molecule has 90 valence electrons. The molecule has 2 rings (SSSR count). The molecule has 17 heavy (non-hydrogen) atoms. The first-order valence-corrected chi connectivity index (χ1v) is 6.12. The maximum absolute atomic E-state index is 8.97. The van der Waals surface area contributed by atoms with Crippen molar-refractivity contribution in [2.75, 3.05) is 12.4 Å². The summed E-state index contributed by atoms with van der Waals surface area (Å²) in [4.78, 5) is 4.06. The maximum atomic E-state index is 8.97. The molecule has 1 heterocycles. The molecule has 0 spiro atoms. The van der Waals surface area contributed by atoms with Gasteiger partial charge in [0.2, 0.25) is 0 Å². The summed E-state index contributed by atoms with van der Waals surface area (Å²) in [6, 6.07) is 7.03. The summed E-state index contributed by atoms with van der Waals surface area (Å²) in [6.07, 6.45) is 6.32. The number of hydrogen-bond acceptors (Lipinski definition) is 4. The molecular weight excluding hydrogens is 212 g/mol. The highest BCUT2D eigenvalue weighted by Gasteiger charge is 2.20. The van der Waals surface area contributed by atoms with Crippen LogP contribution in [0, 0.1) is 11.3 Å². The summed E-state index contributed by atoms with van der Waals surface area (Å²) in [7, 11) is 2.02. The van der Waals surface area contributed by atoms with Crippen LogP contribution in [0.5, 0.6) is 0 Å². The first-order valence-electron chi connectivity index (χ1n) is 6.12. The summed E-state index contributed by atoms with van der Waals surface area (Å²) in [5.41, 5.74) is 1.35. The molecule has 4 nitrogen and oxygen atoms in total. The second-order valence-electron chi connectivity index (χ2n) is 4.49. The van der Waals surface area contributed by atoms with Crippen LogP contribution in [0.1, 0.15) is 31.4 Å². The van der Waals surface area contributed by atoms with Gasteiger partial charge in [-0.3, -0.25) is 0 Å². The highest BCUT2D eigenvalue weighted by atomic mass is 15.0. The van der Waals surface area contributed by atoms with Crippen molar-refractivity contribution in [3.05, 3.63) is 24.0 Å². The van der Waals surface area contributed by atoms with Crippen LogP contribution in [0.15, 0.2) is 18.3 Å². The Bertz CT molecular complexity index is 402. The lowest BCUT2D eigenvalue weighted by Crippen LogP contribution is -2.35. The zero-order valence-electron chi connectivity index (χ0n) is 10.1. The lowest BCUT2D eigenvalue weighted by molar-refractivity contribution is 0.371. The molecular formula is C13H18N4. The van der Waals surface area contributed by atoms with Crippen molar-refractivity contribution < 1.29 is 0 Å². The quantitative estimate of drug-likeness (QED) is 0.832. The molecule has 0 saturated heterocycles. The Balaban J connectivity index is 1.96. The van der Waals surface area contributed by atoms with E-state index < -0.39 is 0 Å². The van der Waals surface area contributed by atoms with Crippen molar-refractivity contribution >= 4 is 5.69 Å². The minimum absolute atomic E-state index is 0.468. The molecule has 1 aromatic heterocycles. The standard InChI is InChI=1S/C13H18N4/c1-15-10-4-6-11(7-5-10)17-12-3-2-8-16-13(12)9-14/h2-3,8,10-11,15,17H,4-7H2,1H3. The van der Waals surface area contributed by atoms with Crippen LogP contribution < -0.4 is 10.6 Å². The number of nitriles is 1. The largest absolute Gasteiger partial charge is 0.380 e. The van der Waals surface area contributed by atoms with E-state index in [0.29, 0.717) is 17.8 Å². The Kier molecular flexibility index (Phi) is 3.94. The van der Waals surface area contributed by atoms with Gasteiger partial charge < -0.3 is 10.6 Å². The predicted octanol–water partition coefficient (Wildman–Crippen LogP) is 1.90. The Morgan fingerprint density at radius 1 is 1.29 bits per heavy atom. The number of hydrogen-bond donors (Lipinski definition) is 2. The van der Waals surface area contributed by atoms with Crippen LogP contribution in [0.2, 0.25) is 0 Å². The second-order valence-corrected chi connectivity index (χ2v) is 4.49. The van der Waals surface area contributed by atoms with Crippen LogP contribution in [-0.2, 0) is 0 Å². The summed E-state index contributed by atoms with van der Waals surface area (Å²) in [5.74, 6) is 0. The molecule has 0 amide bonds. The third-order valence-corrected chi connectivity index (χ3v) is 3.41. The normalized spacial score (nSPS) is 24.0. The van der Waals surface area contributed by atoms with Crippen molar-refractivity contribution in [2.24, 2.45) is 0 Å². The number of rotatable bonds is 3. The average Bonchev–Trinajstić information content (AvgIpc) is 2.40. The van der Waals surface area contributed by atoms with Crippen LogP contribution in [0.25, 0.3) is 0 Å². The lowest BCUT2D eigenvalue weighted by atomic mass is 9.91. The molecule has 1 aliphatic carbocycles. The van der Waals surface area contributed by atoms with E-state index in [1.54, 1.807) is 6.20 Å². The molecule has 1 saturated carbocycles. The van der Waals surface area contributed by atoms with Crippen LogP contribution >= 0.6 is 0 Å². The van der Waals surface area contributed by atoms with Gasteiger partial charge in [-0.05, 0) is 44.9 Å². The molecule has 4 heteroatoms. The van der Waals surface area contributed by atoms with Gasteiger partial charge in [0.15, 0.2) is 5.69 Å². The molecule has 0 aliphatic heterocycles. The van der Waals surface area contributed by atoms with E-state index in [1.165, 1.54) is 12.8 Å². The van der Waals surface area contributed by atoms with E-state index in [4.69, 9.17) is 5.26 Å². The number of nitrogens with zero attached hydrogens (tertiary/aromatic N) is 2. The Hall–Kier alpha value is -1.60. The minimum Gasteiger partial charge on any atom is -0.380 e. The second kappa shape index (κ2) is 5.65. The smallest absolute Gasteiger partial charge is 0.163 e. The van der Waals surface area contributed by atoms with Gasteiger partial charge >= 0.3 is 0 Å². The summed E-state index contributed by atoms with van der Waals surface area (Å²) in [5, 5.41) is 15.7. The summed E-state index contributed by atoms with van der Waals surface area (Å²) < 4.78 is 0. The van der Waals surface area contributed by atoms with Crippen molar-refractivity contribution in [1.82, 2.24) is 10.3 Å². The average molecular weight is 230 g/mol. The van der Waals surface area contributed by atoms with Crippen molar-refractivity contribution in [1.29, 1.82) is 5.26 Å². The van der Waals surface area contributed by atoms with E-state index in [9.17, 15) is 0 Å². The molecule has 0 bridgehead atoms. The van der Waals surface area contributed by atoms with Gasteiger partial charge in [0.25, 0.3) is 0 Å². The SMILES string of the molecule is CNC1CCC(Nc2cccnc2C#N)CC1. The molecule has 0 atom stereocenters. The van der Waals surface area contributed by atoms with Gasteiger partial charge in [-0.15, -0.1) is 0 Å². The van der Waals surface area contributed by atoms with E-state index in [2.05, 4.69) is 21.7 Å². The van der Waals surface area contributed by atoms with Crippen LogP contribution in [-0.4, -0.2) is 24.1 Å². The zero-order valence-corrected chi connectivity index (χ0v) is 10.1. The first-order chi connectivity index (χ1) is 8.33. The lowest BCUT2D eigenvalue weighted by Gasteiger charge is -2.29.